The van der Waals surface area contributed by atoms with Crippen molar-refractivity contribution in [3.05, 3.63) is 0 Å². The molecule has 0 radical (unpaired) electrons. The van der Waals surface area contributed by atoms with Crippen LogP contribution in [0.5, 0.6) is 0 Å². The van der Waals surface area contributed by atoms with Gasteiger partial charge in [-0.25, -0.2) is 0 Å². The third-order valence-electron chi connectivity index (χ3n) is 4.37. The molecule has 1 aliphatic carbocycles. The molecule has 17 heavy (non-hydrogen) atoms. The van der Waals surface area contributed by atoms with E-state index in [0.29, 0.717) is 24.5 Å². The lowest BCUT2D eigenvalue weighted by Crippen LogP contribution is -2.41. The van der Waals surface area contributed by atoms with Crippen molar-refractivity contribution in [3.63, 3.8) is 0 Å². The summed E-state index contributed by atoms with van der Waals surface area (Å²) in [5, 5.41) is 0. The quantitative estimate of drug-likeness (QED) is 0.712. The average Bonchev–Trinajstić information content (AvgIpc) is 2.75. The molecule has 0 aromatic rings. The molecule has 0 N–H and O–H groups in total. The molecule has 2 rings (SSSR count). The molecule has 3 heteroatoms. The maximum absolute atomic E-state index is 11.9. The topological polar surface area (TPSA) is 35.5 Å². The maximum Gasteiger partial charge on any atom is 0.308 e. The lowest BCUT2D eigenvalue weighted by molar-refractivity contribution is -0.156. The Balaban J connectivity index is 2.04. The Labute approximate surface area is 104 Å². The monoisotopic (exact) mass is 240 g/mol. The number of esters is 1. The third-order valence-corrected chi connectivity index (χ3v) is 4.37. The highest BCUT2D eigenvalue weighted by atomic mass is 16.5. The minimum absolute atomic E-state index is 0.0203. The van der Waals surface area contributed by atoms with Crippen molar-refractivity contribution in [2.75, 3.05) is 6.61 Å². The zero-order valence-electron chi connectivity index (χ0n) is 11.1. The summed E-state index contributed by atoms with van der Waals surface area (Å²) in [7, 11) is 0. The largest absolute Gasteiger partial charge is 0.466 e. The number of carbonyl (C=O) groups excluding carboxylic acids is 1. The third kappa shape index (κ3) is 2.65. The van der Waals surface area contributed by atoms with Gasteiger partial charge in [0, 0.05) is 0 Å². The highest BCUT2D eigenvalue weighted by Crippen LogP contribution is 2.44. The van der Waals surface area contributed by atoms with Gasteiger partial charge in [-0.15, -0.1) is 0 Å². The molecule has 3 nitrogen and oxygen atoms in total. The number of hydrogen-bond donors (Lipinski definition) is 0. The summed E-state index contributed by atoms with van der Waals surface area (Å²) in [6.07, 6.45) is 5.30. The van der Waals surface area contributed by atoms with E-state index in [-0.39, 0.29) is 18.0 Å². The van der Waals surface area contributed by atoms with Crippen LogP contribution in [0.4, 0.5) is 0 Å². The van der Waals surface area contributed by atoms with Crippen LogP contribution in [0.15, 0.2) is 0 Å². The molecule has 0 spiro atoms. The van der Waals surface area contributed by atoms with E-state index in [1.807, 2.05) is 13.8 Å². The highest BCUT2D eigenvalue weighted by molar-refractivity contribution is 5.72. The van der Waals surface area contributed by atoms with E-state index in [2.05, 4.69) is 6.92 Å². The highest BCUT2D eigenvalue weighted by Gasteiger charge is 2.44. The van der Waals surface area contributed by atoms with Crippen molar-refractivity contribution in [1.82, 2.24) is 0 Å². The number of hydrogen-bond acceptors (Lipinski definition) is 3. The van der Waals surface area contributed by atoms with Gasteiger partial charge in [0.2, 0.25) is 0 Å². The zero-order valence-corrected chi connectivity index (χ0v) is 11.1. The van der Waals surface area contributed by atoms with E-state index in [9.17, 15) is 4.79 Å². The van der Waals surface area contributed by atoms with Gasteiger partial charge in [-0.1, -0.05) is 13.3 Å². The molecular formula is C14H24O3. The average molecular weight is 240 g/mol. The van der Waals surface area contributed by atoms with Gasteiger partial charge in [-0.3, -0.25) is 4.79 Å². The van der Waals surface area contributed by atoms with Crippen LogP contribution in [0, 0.1) is 17.8 Å². The fraction of sp³-hybridized carbons (Fsp3) is 0.929. The molecule has 0 aromatic carbocycles. The number of ether oxygens (including phenoxy) is 2. The van der Waals surface area contributed by atoms with E-state index < -0.39 is 0 Å². The fourth-order valence-corrected chi connectivity index (χ4v) is 3.55. The van der Waals surface area contributed by atoms with Crippen LogP contribution in [0.25, 0.3) is 0 Å². The molecule has 1 heterocycles. The van der Waals surface area contributed by atoms with E-state index >= 15 is 0 Å². The van der Waals surface area contributed by atoms with Crippen molar-refractivity contribution in [2.45, 2.75) is 58.7 Å². The van der Waals surface area contributed by atoms with Gasteiger partial charge in [0.05, 0.1) is 24.7 Å². The minimum Gasteiger partial charge on any atom is -0.466 e. The first-order chi connectivity index (χ1) is 8.13. The van der Waals surface area contributed by atoms with E-state index in [1.165, 1.54) is 19.3 Å². The second kappa shape index (κ2) is 5.38. The molecule has 2 fully saturated rings. The molecule has 0 amide bonds. The van der Waals surface area contributed by atoms with Gasteiger partial charge in [0.15, 0.2) is 0 Å². The van der Waals surface area contributed by atoms with Crippen LogP contribution in [-0.2, 0) is 14.3 Å². The van der Waals surface area contributed by atoms with Crippen LogP contribution >= 0.6 is 0 Å². The van der Waals surface area contributed by atoms with Crippen LogP contribution in [0.1, 0.15) is 46.5 Å². The Hall–Kier alpha value is -0.570. The standard InChI is InChI=1S/C14H24O3/c1-4-16-14(15)10(3)12-8-9(2)17-13-7-5-6-11(12)13/h9-13H,4-8H2,1-3H3/t9-,10+,11+,12+,13+/m1/s1. The summed E-state index contributed by atoms with van der Waals surface area (Å²) in [5.74, 6) is 1.01. The van der Waals surface area contributed by atoms with Crippen molar-refractivity contribution in [1.29, 1.82) is 0 Å². The molecule has 2 aliphatic rings. The molecule has 1 saturated carbocycles. The van der Waals surface area contributed by atoms with Crippen molar-refractivity contribution < 1.29 is 14.3 Å². The Morgan fingerprint density at radius 1 is 1.47 bits per heavy atom. The molecule has 5 atom stereocenters. The van der Waals surface area contributed by atoms with E-state index in [0.717, 1.165) is 6.42 Å². The van der Waals surface area contributed by atoms with Crippen LogP contribution in [0.3, 0.4) is 0 Å². The molecule has 0 aromatic heterocycles. The lowest BCUT2D eigenvalue weighted by atomic mass is 9.75. The Morgan fingerprint density at radius 2 is 2.24 bits per heavy atom. The summed E-state index contributed by atoms with van der Waals surface area (Å²) < 4.78 is 11.1. The summed E-state index contributed by atoms with van der Waals surface area (Å²) in [6, 6.07) is 0. The molecule has 1 saturated heterocycles. The van der Waals surface area contributed by atoms with Crippen LogP contribution in [0.2, 0.25) is 0 Å². The van der Waals surface area contributed by atoms with E-state index in [4.69, 9.17) is 9.47 Å². The molecule has 0 bridgehead atoms. The maximum atomic E-state index is 11.9. The summed E-state index contributed by atoms with van der Waals surface area (Å²) in [5.41, 5.74) is 0. The normalized spacial score (nSPS) is 38.5. The Kier molecular flexibility index (Phi) is 4.08. The zero-order chi connectivity index (χ0) is 12.4. The van der Waals surface area contributed by atoms with Crippen LogP contribution < -0.4 is 0 Å². The van der Waals surface area contributed by atoms with Gasteiger partial charge < -0.3 is 9.47 Å². The first-order valence-corrected chi connectivity index (χ1v) is 6.95. The van der Waals surface area contributed by atoms with Crippen molar-refractivity contribution in [3.8, 4) is 0 Å². The fourth-order valence-electron chi connectivity index (χ4n) is 3.55. The second-order valence-electron chi connectivity index (χ2n) is 5.52. The smallest absolute Gasteiger partial charge is 0.308 e. The Morgan fingerprint density at radius 3 is 2.94 bits per heavy atom. The predicted molar refractivity (Wildman–Crippen MR) is 65.6 cm³/mol. The van der Waals surface area contributed by atoms with Gasteiger partial charge in [0.25, 0.3) is 0 Å². The molecular weight excluding hydrogens is 216 g/mol. The number of rotatable bonds is 3. The minimum atomic E-state index is -0.0303. The van der Waals surface area contributed by atoms with Crippen molar-refractivity contribution in [2.24, 2.45) is 17.8 Å². The summed E-state index contributed by atoms with van der Waals surface area (Å²) in [4.78, 5) is 11.9. The van der Waals surface area contributed by atoms with Gasteiger partial charge in [-0.2, -0.15) is 0 Å². The molecule has 0 unspecified atom stereocenters. The van der Waals surface area contributed by atoms with Crippen LogP contribution in [-0.4, -0.2) is 24.8 Å². The van der Waals surface area contributed by atoms with Gasteiger partial charge >= 0.3 is 5.97 Å². The molecule has 98 valence electrons. The SMILES string of the molecule is CCOC(=O)[C@@H](C)[C@@H]1C[C@@H](C)O[C@H]2CCC[C@@H]12. The van der Waals surface area contributed by atoms with Gasteiger partial charge in [0.1, 0.15) is 0 Å². The summed E-state index contributed by atoms with van der Waals surface area (Å²) >= 11 is 0. The first kappa shape index (κ1) is 12.9. The second-order valence-corrected chi connectivity index (χ2v) is 5.52. The van der Waals surface area contributed by atoms with Gasteiger partial charge in [-0.05, 0) is 44.9 Å². The first-order valence-electron chi connectivity index (χ1n) is 6.95. The molecule has 1 aliphatic heterocycles. The van der Waals surface area contributed by atoms with Crippen molar-refractivity contribution >= 4 is 5.97 Å². The lowest BCUT2D eigenvalue weighted by Gasteiger charge is -2.40. The Bertz CT molecular complexity index is 277. The predicted octanol–water partition coefficient (Wildman–Crippen LogP) is 2.78. The summed E-state index contributed by atoms with van der Waals surface area (Å²) in [6.45, 7) is 6.50. The van der Waals surface area contributed by atoms with E-state index in [1.54, 1.807) is 0 Å². The number of carbonyl (C=O) groups is 1. The number of fused-ring (bicyclic) bond motifs is 1.